The van der Waals surface area contributed by atoms with Crippen LogP contribution in [0.4, 0.5) is 11.4 Å². The number of likely N-dealkylation sites (N-methyl/N-ethyl adjacent to an activating group) is 1. The summed E-state index contributed by atoms with van der Waals surface area (Å²) in [6.45, 7) is 9.62. The molecule has 3 aromatic rings. The fraction of sp³-hybridized carbons (Fsp3) is 0.424. The summed E-state index contributed by atoms with van der Waals surface area (Å²) in [4.78, 5) is 20.4. The summed E-state index contributed by atoms with van der Waals surface area (Å²) < 4.78 is 17.4. The second-order valence-corrected chi connectivity index (χ2v) is 11.3. The lowest BCUT2D eigenvalue weighted by Gasteiger charge is -2.38. The number of anilines is 2. The second-order valence-electron chi connectivity index (χ2n) is 10.8. The Bertz CT molecular complexity index is 1330. The number of nitrogens with zero attached hydrogens (tertiary/aromatic N) is 3. The third-order valence-corrected chi connectivity index (χ3v) is 8.35. The van der Waals surface area contributed by atoms with Gasteiger partial charge in [0, 0.05) is 49.6 Å². The van der Waals surface area contributed by atoms with Crippen molar-refractivity contribution in [3.8, 4) is 11.5 Å². The number of carbonyl (C=O) groups is 1. The zero-order valence-electron chi connectivity index (χ0n) is 24.4. The molecule has 0 aliphatic carbocycles. The van der Waals surface area contributed by atoms with E-state index in [2.05, 4.69) is 35.9 Å². The van der Waals surface area contributed by atoms with E-state index >= 15 is 0 Å². The highest BCUT2D eigenvalue weighted by Crippen LogP contribution is 2.44. The maximum atomic E-state index is 13.8. The Kier molecular flexibility index (Phi) is 9.38. The van der Waals surface area contributed by atoms with Gasteiger partial charge in [-0.1, -0.05) is 30.7 Å². The van der Waals surface area contributed by atoms with E-state index in [4.69, 9.17) is 25.8 Å². The molecule has 1 saturated heterocycles. The quantitative estimate of drug-likeness (QED) is 0.296. The van der Waals surface area contributed by atoms with Crippen LogP contribution in [0, 0.1) is 0 Å². The van der Waals surface area contributed by atoms with Crippen molar-refractivity contribution >= 4 is 28.9 Å². The van der Waals surface area contributed by atoms with E-state index in [1.165, 1.54) is 0 Å². The molecule has 0 aromatic heterocycles. The van der Waals surface area contributed by atoms with Crippen LogP contribution in [-0.4, -0.2) is 70.5 Å². The van der Waals surface area contributed by atoms with Crippen molar-refractivity contribution in [1.29, 1.82) is 0 Å². The van der Waals surface area contributed by atoms with Crippen LogP contribution in [0.1, 0.15) is 43.0 Å². The van der Waals surface area contributed by atoms with Crippen molar-refractivity contribution in [2.45, 2.75) is 38.8 Å². The molecule has 218 valence electrons. The Morgan fingerprint density at radius 1 is 1.05 bits per heavy atom. The minimum Gasteiger partial charge on any atom is -0.493 e. The van der Waals surface area contributed by atoms with Gasteiger partial charge in [-0.15, -0.1) is 0 Å². The van der Waals surface area contributed by atoms with Gasteiger partial charge in [0.25, 0.3) is 0 Å². The van der Waals surface area contributed by atoms with Crippen LogP contribution >= 0.6 is 11.6 Å². The van der Waals surface area contributed by atoms with E-state index in [1.54, 1.807) is 7.11 Å². The van der Waals surface area contributed by atoms with Gasteiger partial charge < -0.3 is 24.0 Å². The molecule has 0 saturated carbocycles. The van der Waals surface area contributed by atoms with Crippen molar-refractivity contribution in [3.05, 3.63) is 82.4 Å². The molecule has 0 spiro atoms. The van der Waals surface area contributed by atoms with E-state index in [0.29, 0.717) is 16.5 Å². The maximum absolute atomic E-state index is 13.8. The molecule has 0 bridgehead atoms. The number of hydrogen-bond acceptors (Lipinski definition) is 6. The minimum absolute atomic E-state index is 0.0310. The predicted octanol–water partition coefficient (Wildman–Crippen LogP) is 5.97. The summed E-state index contributed by atoms with van der Waals surface area (Å²) >= 11 is 6.26. The number of morpholine rings is 1. The fourth-order valence-corrected chi connectivity index (χ4v) is 5.61. The van der Waals surface area contributed by atoms with Crippen molar-refractivity contribution in [2.75, 3.05) is 63.4 Å². The van der Waals surface area contributed by atoms with Gasteiger partial charge in [-0.2, -0.15) is 0 Å². The first kappa shape index (κ1) is 29.2. The number of amides is 1. The zero-order chi connectivity index (χ0) is 28.9. The molecule has 2 aliphatic heterocycles. The first-order valence-corrected chi connectivity index (χ1v) is 14.8. The monoisotopic (exact) mass is 577 g/mol. The number of ether oxygens (including phenoxy) is 3. The Balaban J connectivity index is 1.47. The van der Waals surface area contributed by atoms with Crippen LogP contribution in [0.15, 0.2) is 60.7 Å². The summed E-state index contributed by atoms with van der Waals surface area (Å²) in [6, 6.07) is 19.7. The molecule has 1 amide bonds. The van der Waals surface area contributed by atoms with Gasteiger partial charge in [0.2, 0.25) is 5.91 Å². The smallest absolute Gasteiger partial charge is 0.232 e. The molecule has 5 rings (SSSR count). The number of carbonyl (C=O) groups excluding carboxylic acids is 1. The molecule has 8 heteroatoms. The van der Waals surface area contributed by atoms with Crippen molar-refractivity contribution < 1.29 is 19.0 Å². The molecule has 2 unspecified atom stereocenters. The summed E-state index contributed by atoms with van der Waals surface area (Å²) in [5.41, 5.74) is 4.92. The highest BCUT2D eigenvalue weighted by Gasteiger charge is 2.36. The molecule has 3 aromatic carbocycles. The van der Waals surface area contributed by atoms with E-state index in [0.717, 1.165) is 73.9 Å². The normalized spacial score (nSPS) is 18.1. The topological polar surface area (TPSA) is 54.5 Å². The van der Waals surface area contributed by atoms with Gasteiger partial charge >= 0.3 is 0 Å². The Hall–Kier alpha value is -3.26. The average Bonchev–Trinajstić information content (AvgIpc) is 3.00. The largest absolute Gasteiger partial charge is 0.493 e. The number of hydrogen-bond donors (Lipinski definition) is 0. The predicted molar refractivity (Wildman–Crippen MR) is 165 cm³/mol. The fourth-order valence-electron chi connectivity index (χ4n) is 5.49. The van der Waals surface area contributed by atoms with Crippen molar-refractivity contribution in [3.63, 3.8) is 0 Å². The third-order valence-electron chi connectivity index (χ3n) is 8.10. The van der Waals surface area contributed by atoms with E-state index in [-0.39, 0.29) is 24.5 Å². The van der Waals surface area contributed by atoms with Crippen LogP contribution in [0.25, 0.3) is 0 Å². The number of halogens is 1. The average molecular weight is 578 g/mol. The summed E-state index contributed by atoms with van der Waals surface area (Å²) in [5, 5.41) is 0.655. The number of fused-ring (bicyclic) bond motifs is 1. The van der Waals surface area contributed by atoms with E-state index < -0.39 is 0 Å². The van der Waals surface area contributed by atoms with Crippen LogP contribution in [0.3, 0.4) is 0 Å². The first-order chi connectivity index (χ1) is 19.9. The molecular weight excluding hydrogens is 538 g/mol. The van der Waals surface area contributed by atoms with Gasteiger partial charge in [0.1, 0.15) is 0 Å². The van der Waals surface area contributed by atoms with Crippen LogP contribution in [0.5, 0.6) is 11.5 Å². The molecule has 2 heterocycles. The molecule has 7 nitrogen and oxygen atoms in total. The van der Waals surface area contributed by atoms with E-state index in [9.17, 15) is 4.79 Å². The SMILES string of the molecule is CCC(C)Oc1cc2c(cc1OC)CC(=O)N(c1ccc(N(C)CCN3CCOCC3)cc1)C2c1ccc(Cl)cc1. The van der Waals surface area contributed by atoms with Crippen molar-refractivity contribution in [1.82, 2.24) is 4.90 Å². The number of benzene rings is 3. The van der Waals surface area contributed by atoms with Gasteiger partial charge in [0.15, 0.2) is 11.5 Å². The number of methoxy groups -OCH3 is 1. The zero-order valence-corrected chi connectivity index (χ0v) is 25.2. The van der Waals surface area contributed by atoms with Gasteiger partial charge in [-0.05, 0) is 78.6 Å². The highest BCUT2D eigenvalue weighted by atomic mass is 35.5. The highest BCUT2D eigenvalue weighted by molar-refractivity contribution is 6.30. The van der Waals surface area contributed by atoms with Crippen molar-refractivity contribution in [2.24, 2.45) is 0 Å². The van der Waals surface area contributed by atoms with Gasteiger partial charge in [-0.3, -0.25) is 9.69 Å². The Morgan fingerprint density at radius 2 is 1.76 bits per heavy atom. The molecule has 41 heavy (non-hydrogen) atoms. The summed E-state index contributed by atoms with van der Waals surface area (Å²) in [7, 11) is 3.75. The first-order valence-electron chi connectivity index (χ1n) is 14.4. The van der Waals surface area contributed by atoms with Crippen LogP contribution in [0.2, 0.25) is 5.02 Å². The molecule has 1 fully saturated rings. The maximum Gasteiger partial charge on any atom is 0.232 e. The standard InChI is InChI=1S/C33H40ClN3O4/c1-5-23(2)41-31-22-29-25(20-30(31)39-4)21-32(38)37(33(29)24-6-8-26(34)9-7-24)28-12-10-27(11-13-28)35(3)14-15-36-16-18-40-19-17-36/h6-13,20,22-23,33H,5,14-19,21H2,1-4H3. The molecule has 2 atom stereocenters. The molecule has 0 radical (unpaired) electrons. The van der Waals surface area contributed by atoms with Gasteiger partial charge in [0.05, 0.1) is 38.9 Å². The molecule has 0 N–H and O–H groups in total. The second kappa shape index (κ2) is 13.1. The van der Waals surface area contributed by atoms with Gasteiger partial charge in [-0.25, -0.2) is 0 Å². The third kappa shape index (κ3) is 6.64. The summed E-state index contributed by atoms with van der Waals surface area (Å²) in [6.07, 6.45) is 1.18. The Labute approximate surface area is 248 Å². The molecular formula is C33H40ClN3O4. The van der Waals surface area contributed by atoms with Crippen LogP contribution in [-0.2, 0) is 16.0 Å². The van der Waals surface area contributed by atoms with Crippen LogP contribution < -0.4 is 19.3 Å². The lowest BCUT2D eigenvalue weighted by Crippen LogP contribution is -2.41. The lowest BCUT2D eigenvalue weighted by molar-refractivity contribution is -0.118. The Morgan fingerprint density at radius 3 is 2.41 bits per heavy atom. The van der Waals surface area contributed by atoms with E-state index in [1.807, 2.05) is 60.4 Å². The lowest BCUT2D eigenvalue weighted by atomic mass is 9.86. The summed E-state index contributed by atoms with van der Waals surface area (Å²) in [5.74, 6) is 1.36. The molecule has 2 aliphatic rings. The number of rotatable bonds is 10. The minimum atomic E-state index is -0.335.